The first-order chi connectivity index (χ1) is 9.24. The summed E-state index contributed by atoms with van der Waals surface area (Å²) in [5.74, 6) is 0. The van der Waals surface area contributed by atoms with Crippen molar-refractivity contribution in [3.8, 4) is 6.07 Å². The summed E-state index contributed by atoms with van der Waals surface area (Å²) in [5.41, 5.74) is 0. The maximum Gasteiger partial charge on any atom is 0.0965 e. The quantitative estimate of drug-likeness (QED) is 0.788. The van der Waals surface area contributed by atoms with Gasteiger partial charge in [-0.15, -0.1) is 0 Å². The summed E-state index contributed by atoms with van der Waals surface area (Å²) in [6.45, 7) is 6.55. The van der Waals surface area contributed by atoms with Crippen LogP contribution >= 0.6 is 0 Å². The predicted molar refractivity (Wildman–Crippen MR) is 77.9 cm³/mol. The van der Waals surface area contributed by atoms with E-state index in [1.807, 2.05) is 0 Å². The van der Waals surface area contributed by atoms with E-state index in [1.54, 1.807) is 0 Å². The molecule has 2 aliphatic heterocycles. The smallest absolute Gasteiger partial charge is 0.0965 e. The van der Waals surface area contributed by atoms with E-state index in [-0.39, 0.29) is 6.04 Å². The van der Waals surface area contributed by atoms with E-state index in [0.717, 1.165) is 38.0 Å². The molecule has 0 aromatic rings. The van der Waals surface area contributed by atoms with E-state index in [2.05, 4.69) is 35.2 Å². The number of likely N-dealkylation sites (N-methyl/N-ethyl adjacent to an activating group) is 1. The Bertz CT molecular complexity index is 312. The molecule has 2 heterocycles. The molecule has 2 bridgehead atoms. The fourth-order valence-corrected chi connectivity index (χ4v) is 3.42. The molecule has 3 atom stereocenters. The van der Waals surface area contributed by atoms with Crippen LogP contribution in [0, 0.1) is 11.3 Å². The lowest BCUT2D eigenvalue weighted by atomic mass is 10.1. The highest BCUT2D eigenvalue weighted by molar-refractivity contribution is 4.93. The van der Waals surface area contributed by atoms with Crippen molar-refractivity contribution in [2.45, 2.75) is 57.2 Å². The monoisotopic (exact) mass is 264 g/mol. The van der Waals surface area contributed by atoms with Gasteiger partial charge in [0, 0.05) is 25.2 Å². The molecule has 0 aromatic heterocycles. The van der Waals surface area contributed by atoms with Crippen molar-refractivity contribution in [1.82, 2.24) is 15.1 Å². The van der Waals surface area contributed by atoms with Gasteiger partial charge in [0.25, 0.3) is 0 Å². The second kappa shape index (κ2) is 7.23. The average molecular weight is 264 g/mol. The number of nitrogens with one attached hydrogen (secondary N) is 1. The number of rotatable bonds is 6. The van der Waals surface area contributed by atoms with Gasteiger partial charge in [-0.2, -0.15) is 5.26 Å². The first-order valence-electron chi connectivity index (χ1n) is 7.82. The molecule has 108 valence electrons. The fraction of sp³-hybridized carbons (Fsp3) is 0.933. The van der Waals surface area contributed by atoms with Crippen LogP contribution in [0.15, 0.2) is 0 Å². The van der Waals surface area contributed by atoms with Crippen molar-refractivity contribution < 1.29 is 0 Å². The Morgan fingerprint density at radius 1 is 1.32 bits per heavy atom. The number of nitrogens with zero attached hydrogens (tertiary/aromatic N) is 3. The first-order valence-corrected chi connectivity index (χ1v) is 7.82. The second-order valence-corrected chi connectivity index (χ2v) is 6.06. The van der Waals surface area contributed by atoms with Crippen molar-refractivity contribution in [2.24, 2.45) is 0 Å². The summed E-state index contributed by atoms with van der Waals surface area (Å²) < 4.78 is 0. The van der Waals surface area contributed by atoms with Crippen LogP contribution in [-0.2, 0) is 0 Å². The van der Waals surface area contributed by atoms with Gasteiger partial charge in [-0.05, 0) is 52.2 Å². The number of nitriles is 1. The van der Waals surface area contributed by atoms with Crippen molar-refractivity contribution in [1.29, 1.82) is 5.26 Å². The maximum absolute atomic E-state index is 9.15. The van der Waals surface area contributed by atoms with Gasteiger partial charge in [0.05, 0.1) is 12.1 Å². The summed E-state index contributed by atoms with van der Waals surface area (Å²) in [7, 11) is 2.28. The number of hydrogen-bond acceptors (Lipinski definition) is 4. The Morgan fingerprint density at radius 2 is 2.11 bits per heavy atom. The molecule has 0 saturated carbocycles. The first kappa shape index (κ1) is 14.8. The molecule has 4 heteroatoms. The molecule has 0 spiro atoms. The van der Waals surface area contributed by atoms with Gasteiger partial charge in [0.15, 0.2) is 0 Å². The minimum atomic E-state index is 0.0260. The molecule has 2 aliphatic rings. The minimum Gasteiger partial charge on any atom is -0.302 e. The summed E-state index contributed by atoms with van der Waals surface area (Å²) in [4.78, 5) is 5.15. The van der Waals surface area contributed by atoms with E-state index < -0.39 is 0 Å². The number of hydrogen-bond donors (Lipinski definition) is 1. The molecule has 1 N–H and O–H groups in total. The predicted octanol–water partition coefficient (Wildman–Crippen LogP) is 1.44. The fourth-order valence-electron chi connectivity index (χ4n) is 3.42. The zero-order valence-electron chi connectivity index (χ0n) is 12.4. The van der Waals surface area contributed by atoms with Gasteiger partial charge in [0.2, 0.25) is 0 Å². The van der Waals surface area contributed by atoms with E-state index in [0.29, 0.717) is 0 Å². The van der Waals surface area contributed by atoms with E-state index in [1.165, 1.54) is 32.4 Å². The third-order valence-corrected chi connectivity index (χ3v) is 4.76. The number of likely N-dealkylation sites (tertiary alicyclic amines) is 1. The summed E-state index contributed by atoms with van der Waals surface area (Å²) in [6, 6.07) is 3.97. The van der Waals surface area contributed by atoms with E-state index >= 15 is 0 Å². The molecule has 4 nitrogen and oxygen atoms in total. The maximum atomic E-state index is 9.15. The van der Waals surface area contributed by atoms with Crippen molar-refractivity contribution >= 4 is 0 Å². The Balaban J connectivity index is 1.75. The van der Waals surface area contributed by atoms with Crippen molar-refractivity contribution in [2.75, 3.05) is 33.2 Å². The van der Waals surface area contributed by atoms with Crippen LogP contribution < -0.4 is 5.32 Å². The van der Waals surface area contributed by atoms with Gasteiger partial charge in [-0.3, -0.25) is 4.90 Å². The Kier molecular flexibility index (Phi) is 5.62. The zero-order chi connectivity index (χ0) is 13.7. The lowest BCUT2D eigenvalue weighted by molar-refractivity contribution is 0.215. The Hall–Kier alpha value is -0.630. The van der Waals surface area contributed by atoms with Crippen LogP contribution in [-0.4, -0.2) is 61.2 Å². The minimum absolute atomic E-state index is 0.0260. The highest BCUT2D eigenvalue weighted by Gasteiger charge is 2.34. The standard InChI is InChI=1S/C15H28N4/c1-3-8-17-13(11-16)6-9-19-10-7-14-4-5-15(12-19)18(14)2/h13-15,17H,3-10,12H2,1-2H3. The SMILES string of the molecule is CCCNC(C#N)CCN1CCC2CCC(C1)N2C. The molecule has 0 aromatic carbocycles. The Morgan fingerprint density at radius 3 is 2.84 bits per heavy atom. The topological polar surface area (TPSA) is 42.3 Å². The van der Waals surface area contributed by atoms with E-state index in [4.69, 9.17) is 5.26 Å². The molecule has 0 radical (unpaired) electrons. The third kappa shape index (κ3) is 3.92. The lowest BCUT2D eigenvalue weighted by Gasteiger charge is -2.26. The molecular formula is C15H28N4. The molecule has 2 saturated heterocycles. The molecular weight excluding hydrogens is 236 g/mol. The molecule has 3 unspecified atom stereocenters. The van der Waals surface area contributed by atoms with Gasteiger partial charge < -0.3 is 10.2 Å². The van der Waals surface area contributed by atoms with Crippen LogP contribution in [0.3, 0.4) is 0 Å². The number of fused-ring (bicyclic) bond motifs is 2. The van der Waals surface area contributed by atoms with Crippen LogP contribution in [0.25, 0.3) is 0 Å². The normalized spacial score (nSPS) is 29.9. The highest BCUT2D eigenvalue weighted by atomic mass is 15.3. The third-order valence-electron chi connectivity index (χ3n) is 4.76. The van der Waals surface area contributed by atoms with Gasteiger partial charge in [-0.1, -0.05) is 6.92 Å². The molecule has 0 aliphatic carbocycles. The summed E-state index contributed by atoms with van der Waals surface area (Å²) in [5, 5.41) is 12.5. The lowest BCUT2D eigenvalue weighted by Crippen LogP contribution is -2.39. The van der Waals surface area contributed by atoms with Gasteiger partial charge in [0.1, 0.15) is 0 Å². The van der Waals surface area contributed by atoms with Crippen LogP contribution in [0.1, 0.15) is 39.0 Å². The van der Waals surface area contributed by atoms with Crippen LogP contribution in [0.4, 0.5) is 0 Å². The summed E-state index contributed by atoms with van der Waals surface area (Å²) in [6.07, 6.45) is 6.09. The second-order valence-electron chi connectivity index (χ2n) is 6.06. The molecule has 2 rings (SSSR count). The molecule has 2 fully saturated rings. The zero-order valence-corrected chi connectivity index (χ0v) is 12.4. The largest absolute Gasteiger partial charge is 0.302 e. The van der Waals surface area contributed by atoms with Gasteiger partial charge in [-0.25, -0.2) is 0 Å². The molecule has 0 amide bonds. The Labute approximate surface area is 117 Å². The van der Waals surface area contributed by atoms with E-state index in [9.17, 15) is 0 Å². The van der Waals surface area contributed by atoms with Crippen LogP contribution in [0.2, 0.25) is 0 Å². The summed E-state index contributed by atoms with van der Waals surface area (Å²) >= 11 is 0. The highest BCUT2D eigenvalue weighted by Crippen LogP contribution is 2.28. The van der Waals surface area contributed by atoms with Crippen molar-refractivity contribution in [3.63, 3.8) is 0 Å². The average Bonchev–Trinajstić information content (AvgIpc) is 2.66. The van der Waals surface area contributed by atoms with Crippen LogP contribution in [0.5, 0.6) is 0 Å². The molecule has 19 heavy (non-hydrogen) atoms. The van der Waals surface area contributed by atoms with Gasteiger partial charge >= 0.3 is 0 Å². The van der Waals surface area contributed by atoms with Crippen molar-refractivity contribution in [3.05, 3.63) is 0 Å².